The maximum absolute atomic E-state index is 12.0. The maximum Gasteiger partial charge on any atom is 0.288 e. The molecule has 5 heteroatoms. The Morgan fingerprint density at radius 2 is 1.86 bits per heavy atom. The summed E-state index contributed by atoms with van der Waals surface area (Å²) in [5.74, 6) is 0.342. The van der Waals surface area contributed by atoms with Gasteiger partial charge in [-0.3, -0.25) is 9.78 Å². The lowest BCUT2D eigenvalue weighted by Crippen LogP contribution is -2.22. The molecule has 2 heterocycles. The van der Waals surface area contributed by atoms with Crippen LogP contribution in [0.5, 0.6) is 0 Å². The number of oxazole rings is 1. The number of nitrogens with one attached hydrogen (secondary N) is 1. The van der Waals surface area contributed by atoms with Gasteiger partial charge in [-0.1, -0.05) is 18.2 Å². The number of rotatable bonds is 4. The topological polar surface area (TPSA) is 68.0 Å². The number of carbonyl (C=O) groups excluding carboxylic acids is 1. The van der Waals surface area contributed by atoms with Crippen LogP contribution in [0.2, 0.25) is 0 Å². The minimum absolute atomic E-state index is 0.197. The standard InChI is InChI=1S/C16H13N3O2/c20-15(18-10-12-6-8-17-9-7-12)14-11-19-16(21-14)13-4-2-1-3-5-13/h1-9,11H,10H2,(H,18,20). The highest BCUT2D eigenvalue weighted by Gasteiger charge is 2.13. The van der Waals surface area contributed by atoms with Crippen LogP contribution in [0.3, 0.4) is 0 Å². The van der Waals surface area contributed by atoms with Crippen LogP contribution in [0.4, 0.5) is 0 Å². The predicted octanol–water partition coefficient (Wildman–Crippen LogP) is 2.67. The molecule has 0 atom stereocenters. The van der Waals surface area contributed by atoms with Gasteiger partial charge in [0.1, 0.15) is 0 Å². The summed E-state index contributed by atoms with van der Waals surface area (Å²) in [6.45, 7) is 0.419. The van der Waals surface area contributed by atoms with Crippen molar-refractivity contribution in [2.24, 2.45) is 0 Å². The third-order valence-corrected chi connectivity index (χ3v) is 2.95. The van der Waals surface area contributed by atoms with Crippen molar-refractivity contribution in [3.63, 3.8) is 0 Å². The van der Waals surface area contributed by atoms with Crippen LogP contribution in [0.1, 0.15) is 16.1 Å². The summed E-state index contributed by atoms with van der Waals surface area (Å²) in [5, 5.41) is 2.78. The number of aromatic nitrogens is 2. The SMILES string of the molecule is O=C(NCc1ccncc1)c1cnc(-c2ccccc2)o1. The first-order valence-electron chi connectivity index (χ1n) is 6.51. The number of pyridine rings is 1. The van der Waals surface area contributed by atoms with Gasteiger partial charge in [0.25, 0.3) is 5.91 Å². The van der Waals surface area contributed by atoms with Gasteiger partial charge in [-0.25, -0.2) is 4.98 Å². The van der Waals surface area contributed by atoms with E-state index in [9.17, 15) is 4.79 Å². The van der Waals surface area contributed by atoms with E-state index in [0.717, 1.165) is 11.1 Å². The summed E-state index contributed by atoms with van der Waals surface area (Å²) in [7, 11) is 0. The number of amides is 1. The van der Waals surface area contributed by atoms with Crippen LogP contribution in [-0.4, -0.2) is 15.9 Å². The lowest BCUT2D eigenvalue weighted by molar-refractivity contribution is 0.0924. The number of hydrogen-bond donors (Lipinski definition) is 1. The Balaban J connectivity index is 1.67. The summed E-state index contributed by atoms with van der Waals surface area (Å²) in [5.41, 5.74) is 1.81. The molecule has 0 aliphatic heterocycles. The Morgan fingerprint density at radius 1 is 1.10 bits per heavy atom. The van der Waals surface area contributed by atoms with Gasteiger partial charge in [0, 0.05) is 24.5 Å². The van der Waals surface area contributed by atoms with E-state index in [1.54, 1.807) is 12.4 Å². The van der Waals surface area contributed by atoms with Crippen molar-refractivity contribution in [3.8, 4) is 11.5 Å². The minimum atomic E-state index is -0.290. The number of nitrogens with zero attached hydrogens (tertiary/aromatic N) is 2. The van der Waals surface area contributed by atoms with Gasteiger partial charge in [-0.05, 0) is 29.8 Å². The second-order valence-electron chi connectivity index (χ2n) is 4.43. The van der Waals surface area contributed by atoms with Crippen LogP contribution in [0.15, 0.2) is 65.5 Å². The summed E-state index contributed by atoms with van der Waals surface area (Å²) in [4.78, 5) is 20.1. The van der Waals surface area contributed by atoms with E-state index in [0.29, 0.717) is 12.4 Å². The molecule has 0 fully saturated rings. The second-order valence-corrected chi connectivity index (χ2v) is 4.43. The first-order valence-corrected chi connectivity index (χ1v) is 6.51. The molecule has 0 aliphatic rings. The molecule has 1 aromatic carbocycles. The molecule has 1 amide bonds. The smallest absolute Gasteiger partial charge is 0.288 e. The van der Waals surface area contributed by atoms with Crippen LogP contribution >= 0.6 is 0 Å². The van der Waals surface area contributed by atoms with Gasteiger partial charge in [0.05, 0.1) is 6.20 Å². The molecule has 3 rings (SSSR count). The zero-order valence-corrected chi connectivity index (χ0v) is 11.2. The molecule has 0 unspecified atom stereocenters. The van der Waals surface area contributed by atoms with Gasteiger partial charge in [-0.15, -0.1) is 0 Å². The van der Waals surface area contributed by atoms with Crippen LogP contribution in [0, 0.1) is 0 Å². The fourth-order valence-corrected chi connectivity index (χ4v) is 1.86. The summed E-state index contributed by atoms with van der Waals surface area (Å²) >= 11 is 0. The van der Waals surface area contributed by atoms with Crippen LogP contribution in [0.25, 0.3) is 11.5 Å². The van der Waals surface area contributed by atoms with Crippen LogP contribution < -0.4 is 5.32 Å². The van der Waals surface area contributed by atoms with Gasteiger partial charge >= 0.3 is 0 Å². The molecule has 3 aromatic rings. The van der Waals surface area contributed by atoms with E-state index >= 15 is 0 Å². The van der Waals surface area contributed by atoms with Crippen molar-refractivity contribution in [2.75, 3.05) is 0 Å². The molecule has 0 aliphatic carbocycles. The van der Waals surface area contributed by atoms with Crippen molar-refractivity contribution in [1.82, 2.24) is 15.3 Å². The predicted molar refractivity (Wildman–Crippen MR) is 77.3 cm³/mol. The molecule has 5 nitrogen and oxygen atoms in total. The third-order valence-electron chi connectivity index (χ3n) is 2.95. The maximum atomic E-state index is 12.0. The Kier molecular flexibility index (Phi) is 3.73. The molecule has 0 bridgehead atoms. The fourth-order valence-electron chi connectivity index (χ4n) is 1.86. The molecular formula is C16H13N3O2. The largest absolute Gasteiger partial charge is 0.431 e. The molecular weight excluding hydrogens is 266 g/mol. The number of benzene rings is 1. The average Bonchev–Trinajstić information content (AvgIpc) is 3.04. The lowest BCUT2D eigenvalue weighted by atomic mass is 10.2. The first kappa shape index (κ1) is 13.1. The Morgan fingerprint density at radius 3 is 2.62 bits per heavy atom. The molecule has 0 spiro atoms. The third kappa shape index (κ3) is 3.14. The Hall–Kier alpha value is -2.95. The quantitative estimate of drug-likeness (QED) is 0.797. The summed E-state index contributed by atoms with van der Waals surface area (Å²) in [6.07, 6.45) is 4.80. The van der Waals surface area contributed by atoms with Crippen molar-refractivity contribution in [1.29, 1.82) is 0 Å². The van der Waals surface area contributed by atoms with Gasteiger partial charge < -0.3 is 9.73 Å². The van der Waals surface area contributed by atoms with E-state index < -0.39 is 0 Å². The molecule has 0 radical (unpaired) electrons. The molecule has 2 aromatic heterocycles. The Bertz CT molecular complexity index is 724. The molecule has 1 N–H and O–H groups in total. The van der Waals surface area contributed by atoms with Gasteiger partial charge in [-0.2, -0.15) is 0 Å². The molecule has 21 heavy (non-hydrogen) atoms. The first-order chi connectivity index (χ1) is 10.3. The normalized spacial score (nSPS) is 10.3. The zero-order valence-electron chi connectivity index (χ0n) is 11.2. The van der Waals surface area contributed by atoms with Crippen molar-refractivity contribution < 1.29 is 9.21 Å². The van der Waals surface area contributed by atoms with E-state index in [2.05, 4.69) is 15.3 Å². The molecule has 0 saturated heterocycles. The van der Waals surface area contributed by atoms with Gasteiger partial charge in [0.15, 0.2) is 0 Å². The lowest BCUT2D eigenvalue weighted by Gasteiger charge is -2.02. The van der Waals surface area contributed by atoms with Crippen LogP contribution in [-0.2, 0) is 6.54 Å². The molecule has 0 saturated carbocycles. The van der Waals surface area contributed by atoms with Crippen molar-refractivity contribution >= 4 is 5.91 Å². The van der Waals surface area contributed by atoms with E-state index in [4.69, 9.17) is 4.42 Å². The van der Waals surface area contributed by atoms with Crippen molar-refractivity contribution in [3.05, 3.63) is 72.4 Å². The van der Waals surface area contributed by atoms with E-state index in [1.807, 2.05) is 42.5 Å². The summed E-state index contributed by atoms with van der Waals surface area (Å²) < 4.78 is 5.48. The number of carbonyl (C=O) groups is 1. The van der Waals surface area contributed by atoms with Crippen molar-refractivity contribution in [2.45, 2.75) is 6.54 Å². The second kappa shape index (κ2) is 6.00. The average molecular weight is 279 g/mol. The highest BCUT2D eigenvalue weighted by molar-refractivity contribution is 5.91. The minimum Gasteiger partial charge on any atom is -0.431 e. The van der Waals surface area contributed by atoms with E-state index in [-0.39, 0.29) is 11.7 Å². The highest BCUT2D eigenvalue weighted by atomic mass is 16.4. The highest BCUT2D eigenvalue weighted by Crippen LogP contribution is 2.18. The zero-order chi connectivity index (χ0) is 14.5. The molecule has 104 valence electrons. The van der Waals surface area contributed by atoms with Gasteiger partial charge in [0.2, 0.25) is 11.7 Å². The fraction of sp³-hybridized carbons (Fsp3) is 0.0625. The monoisotopic (exact) mass is 279 g/mol. The number of hydrogen-bond acceptors (Lipinski definition) is 4. The van der Waals surface area contributed by atoms with E-state index in [1.165, 1.54) is 6.20 Å². The summed E-state index contributed by atoms with van der Waals surface area (Å²) in [6, 6.07) is 13.1. The Labute approximate surface area is 121 Å².